The first kappa shape index (κ1) is 23.2. The summed E-state index contributed by atoms with van der Waals surface area (Å²) in [4.78, 5) is 13.1. The van der Waals surface area contributed by atoms with Crippen molar-refractivity contribution in [3.8, 4) is 0 Å². The van der Waals surface area contributed by atoms with Crippen molar-refractivity contribution in [1.29, 1.82) is 0 Å². The molecule has 0 fully saturated rings. The first-order valence-corrected chi connectivity index (χ1v) is 10.9. The molecule has 0 bridgehead atoms. The summed E-state index contributed by atoms with van der Waals surface area (Å²) in [6.07, 6.45) is 0.0260. The van der Waals surface area contributed by atoms with Crippen LogP contribution in [0.1, 0.15) is 75.6 Å². The minimum atomic E-state index is -1.76. The van der Waals surface area contributed by atoms with E-state index >= 15 is 0 Å². The molecule has 0 saturated carbocycles. The minimum Gasteiger partial charge on any atom is -0.386 e. The smallest absolute Gasteiger partial charge is 0.236 e. The topological polar surface area (TPSA) is 66.4 Å². The van der Waals surface area contributed by atoms with E-state index in [9.17, 15) is 18.5 Å². The molecule has 0 aromatic heterocycles. The first-order chi connectivity index (χ1) is 13.4. The van der Waals surface area contributed by atoms with Crippen LogP contribution in [-0.4, -0.2) is 15.2 Å². The molecule has 1 amide bonds. The van der Waals surface area contributed by atoms with E-state index in [1.165, 1.54) is 12.1 Å². The molecule has 2 aromatic carbocycles. The van der Waals surface area contributed by atoms with Crippen LogP contribution in [0.25, 0.3) is 0 Å². The third-order valence-corrected chi connectivity index (χ3v) is 5.92. The molecule has 1 atom stereocenters. The zero-order valence-electron chi connectivity index (χ0n) is 17.9. The monoisotopic (exact) mass is 419 g/mol. The summed E-state index contributed by atoms with van der Waals surface area (Å²) >= 11 is 0. The van der Waals surface area contributed by atoms with Crippen LogP contribution in [0.3, 0.4) is 0 Å². The molecule has 0 aliphatic rings. The summed E-state index contributed by atoms with van der Waals surface area (Å²) < 4.78 is 29.2. The zero-order chi connectivity index (χ0) is 21.9. The second-order valence-corrected chi connectivity index (χ2v) is 9.64. The van der Waals surface area contributed by atoms with Gasteiger partial charge in [0, 0.05) is 0 Å². The van der Waals surface area contributed by atoms with E-state index in [0.29, 0.717) is 10.5 Å². The number of carbonyl (C=O) groups excluding carboxylic acids is 1. The van der Waals surface area contributed by atoms with Crippen molar-refractivity contribution in [2.24, 2.45) is 0 Å². The first-order valence-electron chi connectivity index (χ1n) is 9.76. The van der Waals surface area contributed by atoms with E-state index in [1.54, 1.807) is 38.1 Å². The number of halogens is 1. The van der Waals surface area contributed by atoms with Crippen molar-refractivity contribution in [2.45, 2.75) is 70.3 Å². The maximum Gasteiger partial charge on any atom is 0.236 e. The van der Waals surface area contributed by atoms with Gasteiger partial charge >= 0.3 is 0 Å². The fourth-order valence-corrected chi connectivity index (χ4v) is 4.10. The van der Waals surface area contributed by atoms with Gasteiger partial charge in [0.05, 0.1) is 16.9 Å². The molecule has 0 aliphatic heterocycles. The van der Waals surface area contributed by atoms with Gasteiger partial charge in [0.25, 0.3) is 0 Å². The maximum absolute atomic E-state index is 14.1. The molecule has 0 radical (unpaired) electrons. The summed E-state index contributed by atoms with van der Waals surface area (Å²) in [6.45, 7) is 11.1. The quantitative estimate of drug-likeness (QED) is 0.685. The number of hydrogen-bond donors (Lipinski definition) is 2. The highest BCUT2D eigenvalue weighted by Crippen LogP contribution is 2.29. The molecule has 0 heterocycles. The second kappa shape index (κ2) is 9.18. The second-order valence-electron chi connectivity index (χ2n) is 8.43. The predicted octanol–water partition coefficient (Wildman–Crippen LogP) is 4.68. The number of carbonyl (C=O) groups is 1. The Labute approximate surface area is 175 Å². The number of amides is 1. The fourth-order valence-electron chi connectivity index (χ4n) is 3.26. The van der Waals surface area contributed by atoms with Gasteiger partial charge in [0.2, 0.25) is 5.91 Å². The van der Waals surface area contributed by atoms with Gasteiger partial charge in [-0.2, -0.15) is 0 Å². The summed E-state index contributed by atoms with van der Waals surface area (Å²) in [5.74, 6) is -0.596. The van der Waals surface area contributed by atoms with Gasteiger partial charge in [0.1, 0.15) is 5.82 Å². The maximum atomic E-state index is 14.1. The van der Waals surface area contributed by atoms with Gasteiger partial charge < -0.3 is 5.11 Å². The van der Waals surface area contributed by atoms with Crippen LogP contribution in [-0.2, 0) is 27.8 Å². The molecular formula is C23H30FNO3S. The molecule has 158 valence electrons. The third kappa shape index (κ3) is 5.97. The Morgan fingerprint density at radius 2 is 1.66 bits per heavy atom. The minimum absolute atomic E-state index is 0.0260. The lowest BCUT2D eigenvalue weighted by molar-refractivity contribution is -0.118. The van der Waals surface area contributed by atoms with E-state index < -0.39 is 22.5 Å². The summed E-state index contributed by atoms with van der Waals surface area (Å²) in [7, 11) is -1.76. The van der Waals surface area contributed by atoms with Crippen LogP contribution >= 0.6 is 0 Å². The molecule has 2 aromatic rings. The lowest BCUT2D eigenvalue weighted by Gasteiger charge is -2.20. The molecule has 2 N–H and O–H groups in total. The molecule has 2 rings (SSSR count). The van der Waals surface area contributed by atoms with E-state index in [2.05, 4.69) is 4.72 Å². The normalized spacial score (nSPS) is 13.0. The van der Waals surface area contributed by atoms with Crippen molar-refractivity contribution in [1.82, 2.24) is 4.72 Å². The standard InChI is InChI=1S/C23H30FNO3S/c1-14(2)19-11-17(24)12-20(15(3)4)21(19)13-22(26)25-29(28)18-9-7-8-16(10-18)23(5,6)27/h7-12,14-15,27H,13H2,1-6H3,(H,25,26). The highest BCUT2D eigenvalue weighted by molar-refractivity contribution is 7.83. The Hall–Kier alpha value is -2.05. The molecule has 0 saturated heterocycles. The Balaban J connectivity index is 2.27. The van der Waals surface area contributed by atoms with Crippen LogP contribution in [0.15, 0.2) is 41.3 Å². The fraction of sp³-hybridized carbons (Fsp3) is 0.435. The third-order valence-electron chi connectivity index (χ3n) is 4.83. The van der Waals surface area contributed by atoms with Crippen LogP contribution in [0.2, 0.25) is 0 Å². The molecular weight excluding hydrogens is 389 g/mol. The van der Waals surface area contributed by atoms with E-state index in [1.807, 2.05) is 27.7 Å². The van der Waals surface area contributed by atoms with Crippen molar-refractivity contribution in [3.05, 3.63) is 64.5 Å². The zero-order valence-corrected chi connectivity index (χ0v) is 18.7. The Morgan fingerprint density at radius 1 is 1.10 bits per heavy atom. The summed E-state index contributed by atoms with van der Waals surface area (Å²) in [5.41, 5.74) is 1.91. The van der Waals surface area contributed by atoms with Crippen molar-refractivity contribution in [2.75, 3.05) is 0 Å². The average molecular weight is 420 g/mol. The number of hydrogen-bond acceptors (Lipinski definition) is 3. The number of benzene rings is 2. The van der Waals surface area contributed by atoms with Gasteiger partial charge in [-0.3, -0.25) is 9.52 Å². The molecule has 0 aliphatic carbocycles. The Bertz CT molecular complexity index is 888. The van der Waals surface area contributed by atoms with Gasteiger partial charge in [-0.15, -0.1) is 0 Å². The van der Waals surface area contributed by atoms with Crippen LogP contribution < -0.4 is 4.72 Å². The molecule has 1 unspecified atom stereocenters. The van der Waals surface area contributed by atoms with Crippen LogP contribution in [0, 0.1) is 5.82 Å². The largest absolute Gasteiger partial charge is 0.386 e. The van der Waals surface area contributed by atoms with Gasteiger partial charge in [-0.05, 0) is 72.2 Å². The van der Waals surface area contributed by atoms with Gasteiger partial charge in [-0.1, -0.05) is 39.8 Å². The van der Waals surface area contributed by atoms with E-state index in [-0.39, 0.29) is 24.1 Å². The average Bonchev–Trinajstić information content (AvgIpc) is 2.61. The number of aliphatic hydroxyl groups is 1. The van der Waals surface area contributed by atoms with Crippen LogP contribution in [0.4, 0.5) is 4.39 Å². The van der Waals surface area contributed by atoms with Crippen molar-refractivity contribution >= 4 is 16.9 Å². The predicted molar refractivity (Wildman–Crippen MR) is 115 cm³/mol. The van der Waals surface area contributed by atoms with Crippen molar-refractivity contribution in [3.63, 3.8) is 0 Å². The van der Waals surface area contributed by atoms with Gasteiger partial charge in [-0.25, -0.2) is 8.60 Å². The van der Waals surface area contributed by atoms with Crippen LogP contribution in [0.5, 0.6) is 0 Å². The highest BCUT2D eigenvalue weighted by Gasteiger charge is 2.21. The number of nitrogens with one attached hydrogen (secondary N) is 1. The molecule has 29 heavy (non-hydrogen) atoms. The lowest BCUT2D eigenvalue weighted by Crippen LogP contribution is -2.28. The van der Waals surface area contributed by atoms with E-state index in [4.69, 9.17) is 0 Å². The molecule has 6 heteroatoms. The van der Waals surface area contributed by atoms with Gasteiger partial charge in [0.15, 0.2) is 11.0 Å². The molecule has 4 nitrogen and oxygen atoms in total. The highest BCUT2D eigenvalue weighted by atomic mass is 32.2. The van der Waals surface area contributed by atoms with E-state index in [0.717, 1.165) is 16.7 Å². The lowest BCUT2D eigenvalue weighted by atomic mass is 9.87. The summed E-state index contributed by atoms with van der Waals surface area (Å²) in [6, 6.07) is 9.65. The molecule has 0 spiro atoms. The number of rotatable bonds is 7. The summed E-state index contributed by atoms with van der Waals surface area (Å²) in [5, 5.41) is 10.1. The Morgan fingerprint density at radius 3 is 2.14 bits per heavy atom. The van der Waals surface area contributed by atoms with Crippen molar-refractivity contribution < 1.29 is 18.5 Å². The Kier molecular flexibility index (Phi) is 7.35. The SMILES string of the molecule is CC(C)c1cc(F)cc(C(C)C)c1CC(=O)NS(=O)c1cccc(C(C)(C)O)c1.